The van der Waals surface area contributed by atoms with Gasteiger partial charge in [-0.3, -0.25) is 4.79 Å². The number of aryl methyl sites for hydroxylation is 1. The minimum atomic E-state index is -0.120. The van der Waals surface area contributed by atoms with Crippen LogP contribution in [0.15, 0.2) is 48.5 Å². The number of para-hydroxylation sites is 1. The van der Waals surface area contributed by atoms with Gasteiger partial charge in [-0.25, -0.2) is 0 Å². The first-order valence-corrected chi connectivity index (χ1v) is 7.36. The van der Waals surface area contributed by atoms with Gasteiger partial charge in [-0.05, 0) is 65.4 Å². The Morgan fingerprint density at radius 2 is 1.95 bits per heavy atom. The number of amides is 1. The highest BCUT2D eigenvalue weighted by atomic mass is 127. The summed E-state index contributed by atoms with van der Waals surface area (Å²) in [5.74, 6) is -0.120. The van der Waals surface area contributed by atoms with Crippen LogP contribution in [0.4, 0.5) is 5.69 Å². The van der Waals surface area contributed by atoms with Gasteiger partial charge in [-0.15, -0.1) is 0 Å². The van der Waals surface area contributed by atoms with Crippen molar-refractivity contribution >= 4 is 45.1 Å². The number of rotatable bonds is 2. The average molecular weight is 376 g/mol. The van der Waals surface area contributed by atoms with Gasteiger partial charge in [-0.2, -0.15) is 0 Å². The summed E-state index contributed by atoms with van der Waals surface area (Å²) in [4.78, 5) is 15.4. The number of nitrogens with one attached hydrogen (secondary N) is 2. The Kier molecular flexibility index (Phi) is 3.48. The number of hydrogen-bond acceptors (Lipinski definition) is 1. The molecular formula is C16H13IN2O. The van der Waals surface area contributed by atoms with Crippen molar-refractivity contribution in [2.24, 2.45) is 0 Å². The molecule has 0 bridgehead atoms. The number of carbonyl (C=O) groups is 1. The van der Waals surface area contributed by atoms with Crippen LogP contribution in [-0.4, -0.2) is 10.9 Å². The second kappa shape index (κ2) is 5.28. The van der Waals surface area contributed by atoms with Crippen LogP contribution in [0.2, 0.25) is 0 Å². The molecule has 4 heteroatoms. The van der Waals surface area contributed by atoms with Crippen molar-refractivity contribution in [2.75, 3.05) is 5.32 Å². The van der Waals surface area contributed by atoms with Gasteiger partial charge in [0, 0.05) is 20.2 Å². The molecule has 2 N–H and O–H groups in total. The summed E-state index contributed by atoms with van der Waals surface area (Å²) >= 11 is 2.26. The fourth-order valence-electron chi connectivity index (χ4n) is 2.15. The topological polar surface area (TPSA) is 44.9 Å². The van der Waals surface area contributed by atoms with Gasteiger partial charge in [0.2, 0.25) is 0 Å². The molecule has 1 amide bonds. The lowest BCUT2D eigenvalue weighted by Crippen LogP contribution is -2.13. The molecule has 0 saturated carbocycles. The number of aromatic amines is 1. The Morgan fingerprint density at radius 3 is 2.70 bits per heavy atom. The van der Waals surface area contributed by atoms with Gasteiger partial charge in [0.05, 0.1) is 0 Å². The maximum Gasteiger partial charge on any atom is 0.272 e. The van der Waals surface area contributed by atoms with Crippen molar-refractivity contribution in [1.82, 2.24) is 4.98 Å². The fraction of sp³-hybridized carbons (Fsp3) is 0.0625. The molecule has 0 saturated heterocycles. The number of halogens is 1. The second-order valence-electron chi connectivity index (χ2n) is 4.68. The molecule has 0 spiro atoms. The van der Waals surface area contributed by atoms with E-state index in [2.05, 4.69) is 32.9 Å². The third-order valence-electron chi connectivity index (χ3n) is 3.21. The van der Waals surface area contributed by atoms with Crippen LogP contribution in [0.3, 0.4) is 0 Å². The van der Waals surface area contributed by atoms with Gasteiger partial charge >= 0.3 is 0 Å². The van der Waals surface area contributed by atoms with Crippen LogP contribution < -0.4 is 5.32 Å². The number of H-pyrrole nitrogens is 1. The minimum Gasteiger partial charge on any atom is -0.351 e. The Balaban J connectivity index is 1.89. The SMILES string of the molecule is Cc1cc(I)ccc1NC(=O)c1cc2ccccc2[nH]1. The van der Waals surface area contributed by atoms with Crippen LogP contribution in [0.25, 0.3) is 10.9 Å². The van der Waals surface area contributed by atoms with E-state index in [1.54, 1.807) is 0 Å². The number of carbonyl (C=O) groups excluding carboxylic acids is 1. The summed E-state index contributed by atoms with van der Waals surface area (Å²) in [6.45, 7) is 1.99. The highest BCUT2D eigenvalue weighted by Gasteiger charge is 2.10. The molecule has 2 aromatic carbocycles. The number of aromatic nitrogens is 1. The molecule has 0 radical (unpaired) electrons. The largest absolute Gasteiger partial charge is 0.351 e. The third-order valence-corrected chi connectivity index (χ3v) is 3.88. The van der Waals surface area contributed by atoms with Crippen LogP contribution in [0, 0.1) is 10.5 Å². The molecule has 0 unspecified atom stereocenters. The van der Waals surface area contributed by atoms with Crippen LogP contribution in [0.5, 0.6) is 0 Å². The molecule has 0 aliphatic rings. The van der Waals surface area contributed by atoms with Crippen LogP contribution in [-0.2, 0) is 0 Å². The maximum absolute atomic E-state index is 12.3. The third kappa shape index (κ3) is 2.56. The first kappa shape index (κ1) is 13.2. The molecule has 0 aliphatic carbocycles. The number of hydrogen-bond donors (Lipinski definition) is 2. The number of anilines is 1. The molecule has 20 heavy (non-hydrogen) atoms. The first-order valence-electron chi connectivity index (χ1n) is 6.29. The van der Waals surface area contributed by atoms with Crippen molar-refractivity contribution in [3.8, 4) is 0 Å². The van der Waals surface area contributed by atoms with Crippen molar-refractivity contribution in [2.45, 2.75) is 6.92 Å². The molecule has 3 nitrogen and oxygen atoms in total. The van der Waals surface area contributed by atoms with Crippen molar-refractivity contribution in [1.29, 1.82) is 0 Å². The average Bonchev–Trinajstić information content (AvgIpc) is 2.86. The Labute approximate surface area is 130 Å². The zero-order chi connectivity index (χ0) is 14.1. The zero-order valence-corrected chi connectivity index (χ0v) is 13.1. The van der Waals surface area contributed by atoms with Crippen molar-refractivity contribution < 1.29 is 4.79 Å². The minimum absolute atomic E-state index is 0.120. The molecule has 100 valence electrons. The van der Waals surface area contributed by atoms with Gasteiger partial charge in [0.25, 0.3) is 5.91 Å². The van der Waals surface area contributed by atoms with Crippen LogP contribution >= 0.6 is 22.6 Å². The second-order valence-corrected chi connectivity index (χ2v) is 5.93. The Hall–Kier alpha value is -1.82. The van der Waals surface area contributed by atoms with E-state index in [0.717, 1.165) is 25.7 Å². The predicted molar refractivity (Wildman–Crippen MR) is 90.1 cm³/mol. The van der Waals surface area contributed by atoms with Crippen molar-refractivity contribution in [3.05, 3.63) is 63.4 Å². The molecule has 0 aliphatic heterocycles. The summed E-state index contributed by atoms with van der Waals surface area (Å²) in [5, 5.41) is 3.98. The highest BCUT2D eigenvalue weighted by molar-refractivity contribution is 14.1. The monoisotopic (exact) mass is 376 g/mol. The molecular weight excluding hydrogens is 363 g/mol. The molecule has 1 aromatic heterocycles. The maximum atomic E-state index is 12.3. The first-order chi connectivity index (χ1) is 9.63. The van der Waals surface area contributed by atoms with Gasteiger partial charge < -0.3 is 10.3 Å². The number of fused-ring (bicyclic) bond motifs is 1. The Morgan fingerprint density at radius 1 is 1.15 bits per heavy atom. The van der Waals surface area contributed by atoms with E-state index in [9.17, 15) is 4.79 Å². The lowest BCUT2D eigenvalue weighted by Gasteiger charge is -2.07. The fourth-order valence-corrected chi connectivity index (χ4v) is 2.80. The molecule has 3 aromatic rings. The van der Waals surface area contributed by atoms with E-state index in [1.165, 1.54) is 0 Å². The van der Waals surface area contributed by atoms with Gasteiger partial charge in [0.15, 0.2) is 0 Å². The van der Waals surface area contributed by atoms with E-state index in [0.29, 0.717) is 5.69 Å². The highest BCUT2D eigenvalue weighted by Crippen LogP contribution is 2.20. The summed E-state index contributed by atoms with van der Waals surface area (Å²) in [6, 6.07) is 15.7. The van der Waals surface area contributed by atoms with E-state index in [-0.39, 0.29) is 5.91 Å². The van der Waals surface area contributed by atoms with Gasteiger partial charge in [0.1, 0.15) is 5.69 Å². The van der Waals surface area contributed by atoms with E-state index < -0.39 is 0 Å². The molecule has 1 heterocycles. The zero-order valence-electron chi connectivity index (χ0n) is 10.9. The number of benzene rings is 2. The summed E-state index contributed by atoms with van der Waals surface area (Å²) in [5.41, 5.74) is 3.44. The lowest BCUT2D eigenvalue weighted by atomic mass is 10.2. The Bertz CT molecular complexity index is 759. The van der Waals surface area contributed by atoms with E-state index >= 15 is 0 Å². The normalized spacial score (nSPS) is 10.7. The van der Waals surface area contributed by atoms with Crippen molar-refractivity contribution in [3.63, 3.8) is 0 Å². The lowest BCUT2D eigenvalue weighted by molar-refractivity contribution is 0.102. The molecule has 0 atom stereocenters. The smallest absolute Gasteiger partial charge is 0.272 e. The van der Waals surface area contributed by atoms with Gasteiger partial charge in [-0.1, -0.05) is 18.2 Å². The summed E-state index contributed by atoms with van der Waals surface area (Å²) in [7, 11) is 0. The quantitative estimate of drug-likeness (QED) is 0.643. The van der Waals surface area contributed by atoms with E-state index in [1.807, 2.05) is 55.5 Å². The summed E-state index contributed by atoms with van der Waals surface area (Å²) < 4.78 is 1.16. The molecule has 3 rings (SSSR count). The van der Waals surface area contributed by atoms with E-state index in [4.69, 9.17) is 0 Å². The molecule has 0 fully saturated rings. The van der Waals surface area contributed by atoms with Crippen LogP contribution in [0.1, 0.15) is 16.1 Å². The standard InChI is InChI=1S/C16H13IN2O/c1-10-8-12(17)6-7-13(10)19-16(20)15-9-11-4-2-3-5-14(11)18-15/h2-9,18H,1H3,(H,19,20). The summed E-state index contributed by atoms with van der Waals surface area (Å²) in [6.07, 6.45) is 0. The predicted octanol–water partition coefficient (Wildman–Crippen LogP) is 4.33.